The van der Waals surface area contributed by atoms with Crippen molar-refractivity contribution >= 4 is 28.9 Å². The van der Waals surface area contributed by atoms with Crippen LogP contribution >= 0.6 is 0 Å². The number of carboxylic acid groups (broad SMARTS) is 1. The van der Waals surface area contributed by atoms with Crippen LogP contribution in [-0.4, -0.2) is 49.6 Å². The largest absolute Gasteiger partial charge is 0.480 e. The minimum atomic E-state index is -1.00. The number of carboxylic acids is 1. The standard InChI is InChI=1S/C6H14N4O2.C5H5N5/c7-4(5(11)12)2-1-3-10-6(8)9;6-4-3-5(9-1-7-3)10-2-8-4/h4H,1-3,7H2,(H,11,12)(H4,8,9,10);1-2H,(H3,6,7,8,9,10). The van der Waals surface area contributed by atoms with Gasteiger partial charge >= 0.3 is 5.97 Å². The molecule has 11 heteroatoms. The number of fused-ring (bicyclic) bond motifs is 1. The predicted molar refractivity (Wildman–Crippen MR) is 80.9 cm³/mol. The topological polar surface area (TPSA) is 206 Å². The number of aliphatic carboxylic acids is 1. The van der Waals surface area contributed by atoms with E-state index in [1.165, 1.54) is 12.7 Å². The fourth-order valence-corrected chi connectivity index (χ4v) is 1.45. The number of anilines is 1. The number of hydrogen-bond acceptors (Lipinski definition) is 7. The molecule has 0 amide bonds. The van der Waals surface area contributed by atoms with Crippen molar-refractivity contribution in [2.45, 2.75) is 18.9 Å². The highest BCUT2D eigenvalue weighted by molar-refractivity contribution is 5.80. The maximum Gasteiger partial charge on any atom is 0.320 e. The number of nitrogens with zero attached hydrogens (tertiary/aromatic N) is 3. The highest BCUT2D eigenvalue weighted by Crippen LogP contribution is 2.09. The number of rotatable bonds is 5. The van der Waals surface area contributed by atoms with Crippen molar-refractivity contribution in [1.82, 2.24) is 25.3 Å². The van der Waals surface area contributed by atoms with Gasteiger partial charge in [-0.05, 0) is 12.8 Å². The molecule has 2 rings (SSSR count). The van der Waals surface area contributed by atoms with E-state index in [1.807, 2.05) is 0 Å². The number of nitrogens with one attached hydrogen (secondary N) is 3. The van der Waals surface area contributed by atoms with Crippen molar-refractivity contribution in [3.63, 3.8) is 0 Å². The van der Waals surface area contributed by atoms with E-state index in [9.17, 15) is 4.79 Å². The second-order valence-corrected chi connectivity index (χ2v) is 4.29. The van der Waals surface area contributed by atoms with Crippen LogP contribution in [0.25, 0.3) is 11.2 Å². The summed E-state index contributed by atoms with van der Waals surface area (Å²) < 4.78 is 0. The summed E-state index contributed by atoms with van der Waals surface area (Å²) in [6, 6.07) is -0.821. The van der Waals surface area contributed by atoms with Crippen LogP contribution in [0.3, 0.4) is 0 Å². The lowest BCUT2D eigenvalue weighted by molar-refractivity contribution is -0.138. The lowest BCUT2D eigenvalue weighted by Gasteiger charge is -2.06. The van der Waals surface area contributed by atoms with Gasteiger partial charge in [0.2, 0.25) is 0 Å². The molecule has 0 bridgehead atoms. The van der Waals surface area contributed by atoms with Crippen molar-refractivity contribution < 1.29 is 9.90 Å². The zero-order valence-electron chi connectivity index (χ0n) is 11.8. The van der Waals surface area contributed by atoms with E-state index in [2.05, 4.69) is 25.3 Å². The number of nitrogens with two attached hydrogens (primary N) is 3. The quantitative estimate of drug-likeness (QED) is 0.196. The van der Waals surface area contributed by atoms with Gasteiger partial charge < -0.3 is 32.6 Å². The molecule has 22 heavy (non-hydrogen) atoms. The molecule has 0 radical (unpaired) electrons. The molecule has 0 spiro atoms. The third-order valence-corrected chi connectivity index (χ3v) is 2.58. The number of carbonyl (C=O) groups is 1. The first-order valence-corrected chi connectivity index (χ1v) is 6.37. The van der Waals surface area contributed by atoms with Crippen LogP contribution < -0.4 is 22.5 Å². The third kappa shape index (κ3) is 5.58. The molecule has 2 heterocycles. The van der Waals surface area contributed by atoms with Gasteiger partial charge in [-0.2, -0.15) is 0 Å². The van der Waals surface area contributed by atoms with Gasteiger partial charge in [0.15, 0.2) is 17.4 Å². The van der Waals surface area contributed by atoms with E-state index >= 15 is 0 Å². The van der Waals surface area contributed by atoms with E-state index in [-0.39, 0.29) is 5.96 Å². The molecule has 10 N–H and O–H groups in total. The zero-order valence-corrected chi connectivity index (χ0v) is 11.8. The Hall–Kier alpha value is -2.95. The number of aromatic nitrogens is 4. The van der Waals surface area contributed by atoms with E-state index < -0.39 is 12.0 Å². The fourth-order valence-electron chi connectivity index (χ4n) is 1.45. The molecule has 0 fully saturated rings. The molecule has 2 aromatic rings. The van der Waals surface area contributed by atoms with E-state index in [0.29, 0.717) is 36.4 Å². The van der Waals surface area contributed by atoms with Gasteiger partial charge in [0.1, 0.15) is 17.9 Å². The normalized spacial score (nSPS) is 11.3. The van der Waals surface area contributed by atoms with Crippen molar-refractivity contribution in [2.75, 3.05) is 12.3 Å². The van der Waals surface area contributed by atoms with E-state index in [4.69, 9.17) is 27.7 Å². The van der Waals surface area contributed by atoms with Crippen LogP contribution in [0.15, 0.2) is 12.7 Å². The average Bonchev–Trinajstić information content (AvgIpc) is 2.93. The van der Waals surface area contributed by atoms with Gasteiger partial charge in [-0.25, -0.2) is 15.0 Å². The van der Waals surface area contributed by atoms with Gasteiger partial charge in [0.25, 0.3) is 0 Å². The molecular weight excluding hydrogens is 290 g/mol. The summed E-state index contributed by atoms with van der Waals surface area (Å²) >= 11 is 0. The second-order valence-electron chi connectivity index (χ2n) is 4.29. The lowest BCUT2D eigenvalue weighted by atomic mass is 10.2. The SMILES string of the molecule is N=C(N)NCCCC(N)C(=O)O.Nc1ncnc2nc[nH]c12. The van der Waals surface area contributed by atoms with E-state index in [0.717, 1.165) is 0 Å². The van der Waals surface area contributed by atoms with Crippen molar-refractivity contribution in [3.05, 3.63) is 12.7 Å². The minimum absolute atomic E-state index is 0.112. The molecule has 0 saturated carbocycles. The first-order chi connectivity index (χ1) is 10.4. The smallest absolute Gasteiger partial charge is 0.320 e. The van der Waals surface area contributed by atoms with E-state index in [1.54, 1.807) is 0 Å². The minimum Gasteiger partial charge on any atom is -0.480 e. The Balaban J connectivity index is 0.000000222. The molecule has 0 aliphatic heterocycles. The summed E-state index contributed by atoms with van der Waals surface area (Å²) in [5, 5.41) is 17.7. The molecule has 0 aliphatic carbocycles. The number of hydrogen-bond donors (Lipinski definition) is 7. The third-order valence-electron chi connectivity index (χ3n) is 2.58. The molecule has 0 saturated heterocycles. The predicted octanol–water partition coefficient (Wildman–Crippen LogP) is -1.40. The molecule has 1 atom stereocenters. The number of imidazole rings is 1. The fraction of sp³-hybridized carbons (Fsp3) is 0.364. The summed E-state index contributed by atoms with van der Waals surface area (Å²) in [7, 11) is 0. The average molecular weight is 309 g/mol. The van der Waals surface area contributed by atoms with Gasteiger partial charge in [-0.1, -0.05) is 0 Å². The van der Waals surface area contributed by atoms with Gasteiger partial charge in [-0.3, -0.25) is 10.2 Å². The summed E-state index contributed by atoms with van der Waals surface area (Å²) in [5.74, 6) is -0.681. The van der Waals surface area contributed by atoms with Crippen LogP contribution in [0.2, 0.25) is 0 Å². The molecular formula is C11H19N9O2. The van der Waals surface area contributed by atoms with Gasteiger partial charge in [-0.15, -0.1) is 0 Å². The Morgan fingerprint density at radius 2 is 2.18 bits per heavy atom. The Labute approximate surface area is 125 Å². The maximum absolute atomic E-state index is 10.2. The molecule has 0 aliphatic rings. The Morgan fingerprint density at radius 3 is 2.77 bits per heavy atom. The summed E-state index contributed by atoms with van der Waals surface area (Å²) in [5.41, 5.74) is 17.0. The number of aromatic amines is 1. The summed E-state index contributed by atoms with van der Waals surface area (Å²) in [6.07, 6.45) is 3.90. The first-order valence-electron chi connectivity index (χ1n) is 6.37. The molecule has 1 unspecified atom stereocenters. The second kappa shape index (κ2) is 8.36. The summed E-state index contributed by atoms with van der Waals surface area (Å²) in [6.45, 7) is 0.482. The lowest BCUT2D eigenvalue weighted by Crippen LogP contribution is -2.34. The Bertz CT molecular complexity index is 627. The number of nitrogen functional groups attached to an aromatic ring is 1. The Morgan fingerprint density at radius 1 is 1.45 bits per heavy atom. The Kier molecular flexibility index (Phi) is 6.50. The number of H-pyrrole nitrogens is 1. The van der Waals surface area contributed by atoms with Crippen LogP contribution in [0.4, 0.5) is 5.82 Å². The van der Waals surface area contributed by atoms with Gasteiger partial charge in [0, 0.05) is 6.54 Å². The highest BCUT2D eigenvalue weighted by Gasteiger charge is 2.09. The van der Waals surface area contributed by atoms with Crippen LogP contribution in [-0.2, 0) is 4.79 Å². The molecule has 0 aromatic carbocycles. The maximum atomic E-state index is 10.2. The summed E-state index contributed by atoms with van der Waals surface area (Å²) in [4.78, 5) is 24.6. The van der Waals surface area contributed by atoms with Crippen LogP contribution in [0.5, 0.6) is 0 Å². The van der Waals surface area contributed by atoms with Crippen LogP contribution in [0.1, 0.15) is 12.8 Å². The highest BCUT2D eigenvalue weighted by atomic mass is 16.4. The van der Waals surface area contributed by atoms with Crippen molar-refractivity contribution in [1.29, 1.82) is 5.41 Å². The van der Waals surface area contributed by atoms with Crippen LogP contribution in [0, 0.1) is 5.41 Å². The zero-order chi connectivity index (χ0) is 16.5. The van der Waals surface area contributed by atoms with Crippen molar-refractivity contribution in [3.8, 4) is 0 Å². The first kappa shape index (κ1) is 17.1. The van der Waals surface area contributed by atoms with Crippen molar-refractivity contribution in [2.24, 2.45) is 11.5 Å². The number of guanidine groups is 1. The molecule has 11 nitrogen and oxygen atoms in total. The molecule has 120 valence electrons. The monoisotopic (exact) mass is 309 g/mol. The van der Waals surface area contributed by atoms with Gasteiger partial charge in [0.05, 0.1) is 6.33 Å². The molecule has 2 aromatic heterocycles.